The molecule has 0 aromatic rings. The molecule has 0 aliphatic carbocycles. The second-order valence-corrected chi connectivity index (χ2v) is 6.12. The summed E-state index contributed by atoms with van der Waals surface area (Å²) in [6.45, 7) is 4.70. The molecule has 0 aromatic carbocycles. The van der Waals surface area contributed by atoms with Crippen LogP contribution in [-0.4, -0.2) is 25.2 Å². The first-order chi connectivity index (χ1) is 7.96. The Labute approximate surface area is 104 Å². The first kappa shape index (κ1) is 14.3. The lowest BCUT2D eigenvalue weighted by molar-refractivity contribution is 0.349. The maximum atomic E-state index is 11.6. The van der Waals surface area contributed by atoms with Crippen molar-refractivity contribution in [1.29, 1.82) is 0 Å². The Balaban J connectivity index is 2.64. The van der Waals surface area contributed by atoms with Crippen molar-refractivity contribution in [3.8, 4) is 0 Å². The van der Waals surface area contributed by atoms with Crippen LogP contribution in [0.2, 0.25) is 0 Å². The second-order valence-electron chi connectivity index (χ2n) is 4.49. The fourth-order valence-corrected chi connectivity index (χ4v) is 3.24. The van der Waals surface area contributed by atoms with Crippen LogP contribution in [0.15, 0.2) is 23.9 Å². The largest absolute Gasteiger partial charge is 0.357 e. The number of primary sulfonamides is 1. The average Bonchev–Trinajstić information content (AvgIpc) is 2.22. The molecule has 2 N–H and O–H groups in total. The van der Waals surface area contributed by atoms with Gasteiger partial charge in [0.1, 0.15) is 0 Å². The lowest BCUT2D eigenvalue weighted by Gasteiger charge is -2.31. The van der Waals surface area contributed by atoms with Crippen LogP contribution >= 0.6 is 0 Å². The summed E-state index contributed by atoms with van der Waals surface area (Å²) in [6.07, 6.45) is 9.97. The van der Waals surface area contributed by atoms with Gasteiger partial charge in [0.05, 0.1) is 0 Å². The fraction of sp³-hybridized carbons (Fsp3) is 0.667. The fourth-order valence-electron chi connectivity index (χ4n) is 2.09. The van der Waals surface area contributed by atoms with Crippen molar-refractivity contribution in [1.82, 2.24) is 4.90 Å². The van der Waals surface area contributed by atoms with Gasteiger partial charge in [0.25, 0.3) is 0 Å². The van der Waals surface area contributed by atoms with Gasteiger partial charge in [-0.15, -0.1) is 0 Å². The number of unbranched alkanes of at least 4 members (excludes halogenated alkanes) is 3. The van der Waals surface area contributed by atoms with Gasteiger partial charge in [-0.05, 0) is 25.0 Å². The average molecular weight is 258 g/mol. The molecule has 0 spiro atoms. The first-order valence-corrected chi connectivity index (χ1v) is 7.70. The molecular weight excluding hydrogens is 236 g/mol. The predicted molar refractivity (Wildman–Crippen MR) is 70.6 cm³/mol. The zero-order valence-corrected chi connectivity index (χ0v) is 11.4. The van der Waals surface area contributed by atoms with Crippen molar-refractivity contribution in [2.75, 3.05) is 6.54 Å². The van der Waals surface area contributed by atoms with Crippen molar-refractivity contribution in [2.24, 2.45) is 5.14 Å². The molecule has 0 radical (unpaired) electrons. The Kier molecular flexibility index (Phi) is 5.21. The van der Waals surface area contributed by atoms with Crippen molar-refractivity contribution in [3.63, 3.8) is 0 Å². The minimum Gasteiger partial charge on any atom is -0.357 e. The molecule has 98 valence electrons. The van der Waals surface area contributed by atoms with Gasteiger partial charge in [-0.25, -0.2) is 13.6 Å². The molecule has 0 fully saturated rings. The van der Waals surface area contributed by atoms with Crippen molar-refractivity contribution in [2.45, 2.75) is 44.9 Å². The van der Waals surface area contributed by atoms with E-state index in [0.29, 0.717) is 0 Å². The number of nitrogens with two attached hydrogens (primary N) is 1. The quantitative estimate of drug-likeness (QED) is 0.741. The minimum atomic E-state index is -3.56. The van der Waals surface area contributed by atoms with E-state index in [1.807, 2.05) is 17.2 Å². The zero-order valence-electron chi connectivity index (χ0n) is 10.6. The third-order valence-corrected chi connectivity index (χ3v) is 4.17. The van der Waals surface area contributed by atoms with E-state index in [1.165, 1.54) is 12.8 Å². The molecule has 5 heteroatoms. The molecule has 4 nitrogen and oxygen atoms in total. The summed E-state index contributed by atoms with van der Waals surface area (Å²) in [6, 6.07) is 0. The summed E-state index contributed by atoms with van der Waals surface area (Å²) in [5, 5.41) is 4.59. The zero-order chi connectivity index (χ0) is 12.9. The summed E-state index contributed by atoms with van der Waals surface area (Å²) < 4.78 is 23.1. The highest BCUT2D eigenvalue weighted by molar-refractivity contribution is 7.89. The maximum absolute atomic E-state index is 11.6. The topological polar surface area (TPSA) is 63.4 Å². The van der Waals surface area contributed by atoms with E-state index in [2.05, 4.69) is 6.92 Å². The normalized spacial score (nSPS) is 20.5. The van der Waals surface area contributed by atoms with Crippen LogP contribution in [0.1, 0.15) is 39.5 Å². The SMILES string of the molecule is CCCCCCN1C=CC=C(C)C1S(N)(=O)=O. The second kappa shape index (κ2) is 6.21. The van der Waals surface area contributed by atoms with Gasteiger partial charge in [-0.3, -0.25) is 0 Å². The molecule has 0 amide bonds. The van der Waals surface area contributed by atoms with Gasteiger partial charge in [-0.1, -0.05) is 32.3 Å². The van der Waals surface area contributed by atoms with E-state index < -0.39 is 15.4 Å². The van der Waals surface area contributed by atoms with E-state index in [0.717, 1.165) is 25.0 Å². The van der Waals surface area contributed by atoms with Crippen LogP contribution in [0.4, 0.5) is 0 Å². The van der Waals surface area contributed by atoms with Crippen LogP contribution in [-0.2, 0) is 10.0 Å². The number of nitrogens with zero attached hydrogens (tertiary/aromatic N) is 1. The van der Waals surface area contributed by atoms with Crippen LogP contribution in [0.25, 0.3) is 0 Å². The Morgan fingerprint density at radius 3 is 2.65 bits per heavy atom. The number of sulfonamides is 1. The number of hydrogen-bond donors (Lipinski definition) is 1. The predicted octanol–water partition coefficient (Wildman–Crippen LogP) is 1.96. The van der Waals surface area contributed by atoms with Crippen LogP contribution < -0.4 is 5.14 Å². The molecule has 0 aromatic heterocycles. The van der Waals surface area contributed by atoms with Crippen LogP contribution in [0, 0.1) is 0 Å². The summed E-state index contributed by atoms with van der Waals surface area (Å²) in [5.74, 6) is 0. The Bertz CT molecular complexity index is 399. The van der Waals surface area contributed by atoms with Crippen LogP contribution in [0.3, 0.4) is 0 Å². The molecule has 1 aliphatic rings. The summed E-state index contributed by atoms with van der Waals surface area (Å²) in [5.41, 5.74) is 0.783. The molecule has 0 bridgehead atoms. The maximum Gasteiger partial charge on any atom is 0.234 e. The standard InChI is InChI=1S/C12H22N2O2S/c1-3-4-5-6-9-14-10-7-8-11(2)12(14)17(13,15)16/h7-8,10,12H,3-6,9H2,1-2H3,(H2,13,15,16). The van der Waals surface area contributed by atoms with E-state index in [1.54, 1.807) is 13.0 Å². The molecule has 1 unspecified atom stereocenters. The van der Waals surface area contributed by atoms with Gasteiger partial charge in [-0.2, -0.15) is 0 Å². The van der Waals surface area contributed by atoms with Gasteiger partial charge >= 0.3 is 0 Å². The van der Waals surface area contributed by atoms with E-state index in [-0.39, 0.29) is 0 Å². The van der Waals surface area contributed by atoms with E-state index >= 15 is 0 Å². The Hall–Kier alpha value is -0.810. The van der Waals surface area contributed by atoms with Crippen molar-refractivity contribution < 1.29 is 8.42 Å². The summed E-state index contributed by atoms with van der Waals surface area (Å²) in [7, 11) is -3.56. The highest BCUT2D eigenvalue weighted by Crippen LogP contribution is 2.20. The lowest BCUT2D eigenvalue weighted by Crippen LogP contribution is -2.43. The van der Waals surface area contributed by atoms with Crippen molar-refractivity contribution >= 4 is 10.0 Å². The Morgan fingerprint density at radius 1 is 1.35 bits per heavy atom. The first-order valence-electron chi connectivity index (χ1n) is 6.09. The van der Waals surface area contributed by atoms with Gasteiger partial charge in [0, 0.05) is 12.7 Å². The number of hydrogen-bond acceptors (Lipinski definition) is 3. The van der Waals surface area contributed by atoms with Crippen LogP contribution in [0.5, 0.6) is 0 Å². The van der Waals surface area contributed by atoms with E-state index in [9.17, 15) is 8.42 Å². The van der Waals surface area contributed by atoms with Crippen molar-refractivity contribution in [3.05, 3.63) is 23.9 Å². The Morgan fingerprint density at radius 2 is 2.06 bits per heavy atom. The molecule has 1 atom stereocenters. The smallest absolute Gasteiger partial charge is 0.234 e. The highest BCUT2D eigenvalue weighted by atomic mass is 32.2. The highest BCUT2D eigenvalue weighted by Gasteiger charge is 2.29. The van der Waals surface area contributed by atoms with Gasteiger partial charge in [0.2, 0.25) is 10.0 Å². The van der Waals surface area contributed by atoms with Gasteiger partial charge in [0.15, 0.2) is 5.37 Å². The summed E-state index contributed by atoms with van der Waals surface area (Å²) in [4.78, 5) is 1.82. The van der Waals surface area contributed by atoms with E-state index in [4.69, 9.17) is 5.14 Å². The van der Waals surface area contributed by atoms with Gasteiger partial charge < -0.3 is 4.90 Å². The molecule has 1 aliphatic heterocycles. The minimum absolute atomic E-state index is 0.686. The molecule has 1 rings (SSSR count). The lowest BCUT2D eigenvalue weighted by atomic mass is 10.1. The summed E-state index contributed by atoms with van der Waals surface area (Å²) >= 11 is 0. The molecule has 17 heavy (non-hydrogen) atoms. The molecular formula is C12H22N2O2S. The number of allylic oxidation sites excluding steroid dienone is 2. The third-order valence-electron chi connectivity index (χ3n) is 2.91. The molecule has 0 saturated heterocycles. The monoisotopic (exact) mass is 258 g/mol. The number of rotatable bonds is 6. The molecule has 0 saturated carbocycles. The third kappa shape index (κ3) is 4.16. The molecule has 1 heterocycles.